The van der Waals surface area contributed by atoms with Crippen LogP contribution in [0.15, 0.2) is 23.3 Å². The Hall–Kier alpha value is -0.560. The monoisotopic (exact) mass is 372 g/mol. The maximum absolute atomic E-state index is 10.0. The maximum Gasteiger partial charge on any atom is 0.0591 e. The molecule has 0 spiro atoms. The molecule has 154 valence electrons. The Morgan fingerprint density at radius 3 is 2.52 bits per heavy atom. The molecule has 27 heavy (non-hydrogen) atoms. The standard InChI is InChI=1S/C26H44O/c1-20(10-8-18-25(2,3)27)23-16-17-24-22(13-9-19-26(23,24)4)15-14-21-11-6-5-7-12-21/h14-15,20,23-24,27H,5-13,16-19H2,1-4H3/b22-15+/t20-,23-,24+,26-/m1/s1. The van der Waals surface area contributed by atoms with Crippen molar-refractivity contribution in [1.82, 2.24) is 0 Å². The van der Waals surface area contributed by atoms with Gasteiger partial charge in [-0.05, 0) is 101 Å². The predicted octanol–water partition coefficient (Wildman–Crippen LogP) is 7.60. The van der Waals surface area contributed by atoms with Crippen molar-refractivity contribution in [3.8, 4) is 0 Å². The van der Waals surface area contributed by atoms with Gasteiger partial charge in [0.1, 0.15) is 0 Å². The molecule has 0 unspecified atom stereocenters. The van der Waals surface area contributed by atoms with E-state index in [2.05, 4.69) is 26.0 Å². The normalized spacial score (nSPS) is 34.6. The van der Waals surface area contributed by atoms with Crippen LogP contribution in [0.4, 0.5) is 0 Å². The van der Waals surface area contributed by atoms with Crippen LogP contribution in [0.25, 0.3) is 0 Å². The summed E-state index contributed by atoms with van der Waals surface area (Å²) >= 11 is 0. The van der Waals surface area contributed by atoms with Crippen molar-refractivity contribution in [3.63, 3.8) is 0 Å². The molecule has 0 amide bonds. The van der Waals surface area contributed by atoms with Gasteiger partial charge in [-0.25, -0.2) is 0 Å². The third-order valence-corrected chi connectivity index (χ3v) is 8.20. The van der Waals surface area contributed by atoms with E-state index in [0.29, 0.717) is 5.41 Å². The topological polar surface area (TPSA) is 20.2 Å². The Kier molecular flexibility index (Phi) is 6.93. The number of hydrogen-bond acceptors (Lipinski definition) is 1. The van der Waals surface area contributed by atoms with Crippen LogP contribution >= 0.6 is 0 Å². The molecule has 3 fully saturated rings. The number of aliphatic hydroxyl groups is 1. The minimum Gasteiger partial charge on any atom is -0.390 e. The van der Waals surface area contributed by atoms with E-state index < -0.39 is 5.60 Å². The zero-order valence-corrected chi connectivity index (χ0v) is 18.5. The number of fused-ring (bicyclic) bond motifs is 1. The van der Waals surface area contributed by atoms with Crippen molar-refractivity contribution in [2.75, 3.05) is 0 Å². The van der Waals surface area contributed by atoms with Gasteiger partial charge in [0.2, 0.25) is 0 Å². The van der Waals surface area contributed by atoms with Gasteiger partial charge in [-0.15, -0.1) is 0 Å². The molecule has 0 radical (unpaired) electrons. The van der Waals surface area contributed by atoms with Gasteiger partial charge in [0, 0.05) is 0 Å². The number of rotatable bonds is 6. The van der Waals surface area contributed by atoms with Crippen molar-refractivity contribution < 1.29 is 5.11 Å². The first kappa shape index (κ1) is 21.2. The lowest BCUT2D eigenvalue weighted by Gasteiger charge is -2.44. The van der Waals surface area contributed by atoms with Gasteiger partial charge < -0.3 is 5.11 Å². The van der Waals surface area contributed by atoms with Crippen molar-refractivity contribution in [2.45, 2.75) is 117 Å². The molecule has 1 N–H and O–H groups in total. The highest BCUT2D eigenvalue weighted by atomic mass is 16.3. The van der Waals surface area contributed by atoms with Gasteiger partial charge in [0.25, 0.3) is 0 Å². The summed E-state index contributed by atoms with van der Waals surface area (Å²) in [6.07, 6.45) is 22.3. The number of allylic oxidation sites excluding steroid dienone is 4. The first-order valence-corrected chi connectivity index (χ1v) is 11.9. The third-order valence-electron chi connectivity index (χ3n) is 8.20. The second-order valence-corrected chi connectivity index (χ2v) is 10.9. The van der Waals surface area contributed by atoms with Crippen molar-refractivity contribution >= 4 is 0 Å². The highest BCUT2D eigenvalue weighted by Gasteiger charge is 2.50. The highest BCUT2D eigenvalue weighted by molar-refractivity contribution is 5.25. The lowest BCUT2D eigenvalue weighted by atomic mass is 9.60. The molecule has 3 rings (SSSR count). The third kappa shape index (κ3) is 5.28. The summed E-state index contributed by atoms with van der Waals surface area (Å²) in [5, 5.41) is 10.0. The molecule has 0 aliphatic heterocycles. The Morgan fingerprint density at radius 1 is 1.07 bits per heavy atom. The fraction of sp³-hybridized carbons (Fsp3) is 0.846. The summed E-state index contributed by atoms with van der Waals surface area (Å²) in [7, 11) is 0. The summed E-state index contributed by atoms with van der Waals surface area (Å²) in [5.41, 5.74) is 3.49. The van der Waals surface area contributed by atoms with Gasteiger partial charge in [0.15, 0.2) is 0 Å². The minimum atomic E-state index is -0.505. The smallest absolute Gasteiger partial charge is 0.0591 e. The largest absolute Gasteiger partial charge is 0.390 e. The molecule has 0 aromatic heterocycles. The zero-order chi connectivity index (χ0) is 19.5. The van der Waals surface area contributed by atoms with Gasteiger partial charge in [-0.3, -0.25) is 0 Å². The van der Waals surface area contributed by atoms with E-state index in [4.69, 9.17) is 0 Å². The second-order valence-electron chi connectivity index (χ2n) is 10.9. The molecule has 0 aromatic carbocycles. The van der Waals surface area contributed by atoms with E-state index >= 15 is 0 Å². The summed E-state index contributed by atoms with van der Waals surface area (Å²) in [6.45, 7) is 9.00. The summed E-state index contributed by atoms with van der Waals surface area (Å²) in [4.78, 5) is 0. The van der Waals surface area contributed by atoms with Crippen molar-refractivity contribution in [2.24, 2.45) is 23.2 Å². The summed E-state index contributed by atoms with van der Waals surface area (Å²) < 4.78 is 0. The molecule has 0 saturated heterocycles. The molecular formula is C26H44O. The average molecular weight is 373 g/mol. The minimum absolute atomic E-state index is 0.505. The van der Waals surface area contributed by atoms with Crippen LogP contribution in [-0.4, -0.2) is 10.7 Å². The van der Waals surface area contributed by atoms with Crippen LogP contribution in [0.2, 0.25) is 0 Å². The van der Waals surface area contributed by atoms with Crippen LogP contribution in [0.3, 0.4) is 0 Å². The molecule has 0 heterocycles. The predicted molar refractivity (Wildman–Crippen MR) is 117 cm³/mol. The number of hydrogen-bond donors (Lipinski definition) is 1. The van der Waals surface area contributed by atoms with Crippen molar-refractivity contribution in [3.05, 3.63) is 23.3 Å². The fourth-order valence-corrected chi connectivity index (χ4v) is 6.67. The van der Waals surface area contributed by atoms with Crippen LogP contribution < -0.4 is 0 Å². The SMILES string of the molecule is C[C@H](CCCC(C)(C)O)[C@H]1CC[C@H]2/C(=C/C=C3CCCCC3)CCC[C@]12C. The fourth-order valence-electron chi connectivity index (χ4n) is 6.67. The van der Waals surface area contributed by atoms with E-state index in [1.807, 2.05) is 13.8 Å². The Labute approximate surface area is 168 Å². The first-order valence-electron chi connectivity index (χ1n) is 11.9. The molecular weight excluding hydrogens is 328 g/mol. The van der Waals surface area contributed by atoms with E-state index in [1.54, 1.807) is 11.1 Å². The van der Waals surface area contributed by atoms with Crippen LogP contribution in [0.5, 0.6) is 0 Å². The molecule has 1 heteroatoms. The second kappa shape index (κ2) is 8.85. The van der Waals surface area contributed by atoms with Gasteiger partial charge in [0.05, 0.1) is 5.60 Å². The Morgan fingerprint density at radius 2 is 1.81 bits per heavy atom. The molecule has 4 atom stereocenters. The van der Waals surface area contributed by atoms with Crippen LogP contribution in [-0.2, 0) is 0 Å². The highest BCUT2D eigenvalue weighted by Crippen LogP contribution is 2.59. The lowest BCUT2D eigenvalue weighted by molar-refractivity contribution is 0.0597. The quantitative estimate of drug-likeness (QED) is 0.509. The first-order chi connectivity index (χ1) is 12.8. The van der Waals surface area contributed by atoms with Gasteiger partial charge in [-0.1, -0.05) is 56.4 Å². The van der Waals surface area contributed by atoms with Gasteiger partial charge >= 0.3 is 0 Å². The van der Waals surface area contributed by atoms with Crippen molar-refractivity contribution in [1.29, 1.82) is 0 Å². The molecule has 3 saturated carbocycles. The Bertz CT molecular complexity index is 541. The van der Waals surface area contributed by atoms with Crippen LogP contribution in [0.1, 0.15) is 111 Å². The molecule has 3 aliphatic rings. The van der Waals surface area contributed by atoms with E-state index in [-0.39, 0.29) is 0 Å². The molecule has 0 bridgehead atoms. The van der Waals surface area contributed by atoms with E-state index in [9.17, 15) is 5.11 Å². The Balaban J connectivity index is 1.64. The van der Waals surface area contributed by atoms with Crippen LogP contribution in [0, 0.1) is 23.2 Å². The lowest BCUT2D eigenvalue weighted by Crippen LogP contribution is -2.36. The molecule has 3 aliphatic carbocycles. The van der Waals surface area contributed by atoms with E-state index in [1.165, 1.54) is 70.6 Å². The average Bonchev–Trinajstić information content (AvgIpc) is 2.97. The summed E-state index contributed by atoms with van der Waals surface area (Å²) in [5.74, 6) is 2.49. The van der Waals surface area contributed by atoms with E-state index in [0.717, 1.165) is 30.6 Å². The molecule has 1 nitrogen and oxygen atoms in total. The maximum atomic E-state index is 10.0. The van der Waals surface area contributed by atoms with Gasteiger partial charge in [-0.2, -0.15) is 0 Å². The summed E-state index contributed by atoms with van der Waals surface area (Å²) in [6, 6.07) is 0. The molecule has 0 aromatic rings. The zero-order valence-electron chi connectivity index (χ0n) is 18.5.